The maximum Gasteiger partial charge on any atom is 0.247 e. The number of aromatic nitrogens is 2. The van der Waals surface area contributed by atoms with Crippen molar-refractivity contribution in [3.63, 3.8) is 0 Å². The molecule has 0 radical (unpaired) electrons. The van der Waals surface area contributed by atoms with Gasteiger partial charge in [0.25, 0.3) is 0 Å². The first-order valence-electron chi connectivity index (χ1n) is 5.77. The predicted octanol–water partition coefficient (Wildman–Crippen LogP) is 3.85. The Labute approximate surface area is 119 Å². The molecule has 2 aromatic heterocycles. The first kappa shape index (κ1) is 12.5. The highest BCUT2D eigenvalue weighted by atomic mass is 35.5. The van der Waals surface area contributed by atoms with Gasteiger partial charge in [-0.15, -0.1) is 0 Å². The molecule has 0 N–H and O–H groups in total. The highest BCUT2D eigenvalue weighted by Crippen LogP contribution is 2.36. The largest absolute Gasteiger partial charge is 0.442 e. The van der Waals surface area contributed by atoms with Crippen LogP contribution in [0.15, 0.2) is 34.9 Å². The zero-order chi connectivity index (χ0) is 14.1. The van der Waals surface area contributed by atoms with Crippen LogP contribution in [0.1, 0.15) is 11.3 Å². The summed E-state index contributed by atoms with van der Waals surface area (Å²) >= 11 is 5.76. The van der Waals surface area contributed by atoms with E-state index < -0.39 is 0 Å². The van der Waals surface area contributed by atoms with Gasteiger partial charge in [0, 0.05) is 11.8 Å². The number of ether oxygens (including phenoxy) is 1. The minimum absolute atomic E-state index is 0.0805. The third kappa shape index (κ3) is 2.06. The summed E-state index contributed by atoms with van der Waals surface area (Å²) in [6.45, 7) is 1.79. The summed E-state index contributed by atoms with van der Waals surface area (Å²) in [5, 5.41) is 9.93. The van der Waals surface area contributed by atoms with Crippen molar-refractivity contribution in [2.24, 2.45) is 0 Å². The molecule has 0 fully saturated rings. The maximum absolute atomic E-state index is 9.14. The molecule has 0 atom stereocenters. The molecule has 0 saturated carbocycles. The number of furan rings is 1. The van der Waals surface area contributed by atoms with Crippen molar-refractivity contribution in [3.05, 3.63) is 47.1 Å². The fourth-order valence-corrected chi connectivity index (χ4v) is 1.93. The van der Waals surface area contributed by atoms with E-state index in [1.165, 1.54) is 0 Å². The summed E-state index contributed by atoms with van der Waals surface area (Å²) in [5.74, 6) is 0.731. The predicted molar refractivity (Wildman–Crippen MR) is 72.8 cm³/mol. The molecule has 0 saturated heterocycles. The van der Waals surface area contributed by atoms with E-state index in [0.29, 0.717) is 28.2 Å². The average Bonchev–Trinajstić information content (AvgIpc) is 2.81. The van der Waals surface area contributed by atoms with Crippen LogP contribution < -0.4 is 4.74 Å². The van der Waals surface area contributed by atoms with Gasteiger partial charge in [0.2, 0.25) is 16.9 Å². The second-order valence-corrected chi connectivity index (χ2v) is 4.44. The van der Waals surface area contributed by atoms with Crippen LogP contribution in [0, 0.1) is 18.3 Å². The molecule has 3 aromatic rings. The van der Waals surface area contributed by atoms with Gasteiger partial charge in [-0.1, -0.05) is 12.1 Å². The van der Waals surface area contributed by atoms with Crippen LogP contribution in [-0.2, 0) is 0 Å². The van der Waals surface area contributed by atoms with Crippen molar-refractivity contribution in [1.82, 2.24) is 9.97 Å². The Kier molecular flexibility index (Phi) is 3.01. The number of aryl methyl sites for hydroxylation is 1. The lowest BCUT2D eigenvalue weighted by molar-refractivity contribution is 0.446. The van der Waals surface area contributed by atoms with Crippen LogP contribution in [0.4, 0.5) is 0 Å². The lowest BCUT2D eigenvalue weighted by Crippen LogP contribution is -1.94. The summed E-state index contributed by atoms with van der Waals surface area (Å²) in [4.78, 5) is 7.87. The SMILES string of the molecule is Cc1cnc(Cl)nc1Oc1c(C#N)oc2ccccc12. The molecule has 0 spiro atoms. The highest BCUT2D eigenvalue weighted by Gasteiger charge is 2.17. The third-order valence-corrected chi connectivity index (χ3v) is 2.93. The summed E-state index contributed by atoms with van der Waals surface area (Å²) < 4.78 is 11.1. The molecule has 0 aliphatic heterocycles. The van der Waals surface area contributed by atoms with Gasteiger partial charge in [-0.2, -0.15) is 10.2 Å². The molecule has 6 heteroatoms. The number of benzene rings is 1. The van der Waals surface area contributed by atoms with Gasteiger partial charge < -0.3 is 9.15 Å². The molecule has 98 valence electrons. The van der Waals surface area contributed by atoms with E-state index in [1.54, 1.807) is 19.2 Å². The molecule has 0 aliphatic rings. The first-order valence-corrected chi connectivity index (χ1v) is 6.15. The van der Waals surface area contributed by atoms with Crippen LogP contribution in [0.2, 0.25) is 5.28 Å². The van der Waals surface area contributed by atoms with E-state index in [0.717, 1.165) is 0 Å². The van der Waals surface area contributed by atoms with Crippen molar-refractivity contribution in [2.75, 3.05) is 0 Å². The Hall–Kier alpha value is -2.58. The number of nitriles is 1. The number of nitrogens with zero attached hydrogens (tertiary/aromatic N) is 3. The van der Waals surface area contributed by atoms with Crippen LogP contribution >= 0.6 is 11.6 Å². The number of halogens is 1. The van der Waals surface area contributed by atoms with Gasteiger partial charge in [0.05, 0.1) is 5.39 Å². The van der Waals surface area contributed by atoms with E-state index in [1.807, 2.05) is 24.3 Å². The second-order valence-electron chi connectivity index (χ2n) is 4.10. The molecule has 3 rings (SSSR count). The fourth-order valence-electron chi connectivity index (χ4n) is 1.80. The average molecular weight is 286 g/mol. The minimum atomic E-state index is 0.0805. The lowest BCUT2D eigenvalue weighted by Gasteiger charge is -2.05. The molecule has 0 amide bonds. The smallest absolute Gasteiger partial charge is 0.247 e. The molecule has 0 unspecified atom stereocenters. The number of para-hydroxylation sites is 1. The van der Waals surface area contributed by atoms with Crippen molar-refractivity contribution in [2.45, 2.75) is 6.92 Å². The van der Waals surface area contributed by atoms with E-state index in [4.69, 9.17) is 26.0 Å². The van der Waals surface area contributed by atoms with Crippen LogP contribution in [0.5, 0.6) is 11.6 Å². The minimum Gasteiger partial charge on any atom is -0.442 e. The van der Waals surface area contributed by atoms with Gasteiger partial charge in [-0.25, -0.2) is 4.98 Å². The molecule has 2 heterocycles. The number of hydrogen-bond acceptors (Lipinski definition) is 5. The summed E-state index contributed by atoms with van der Waals surface area (Å²) in [7, 11) is 0. The standard InChI is InChI=1S/C14H8ClN3O2/c1-8-7-17-14(15)18-13(8)20-12-9-4-2-3-5-10(9)19-11(12)6-16/h2-5,7H,1H3. The third-order valence-electron chi connectivity index (χ3n) is 2.75. The molecular formula is C14H8ClN3O2. The number of rotatable bonds is 2. The monoisotopic (exact) mass is 285 g/mol. The van der Waals surface area contributed by atoms with E-state index in [2.05, 4.69) is 9.97 Å². The Morgan fingerprint density at radius 2 is 2.15 bits per heavy atom. The first-order chi connectivity index (χ1) is 9.69. The van der Waals surface area contributed by atoms with Gasteiger partial charge in [0.1, 0.15) is 11.7 Å². The Balaban J connectivity index is 2.15. The molecule has 0 bridgehead atoms. The van der Waals surface area contributed by atoms with Crippen molar-refractivity contribution >= 4 is 22.6 Å². The Morgan fingerprint density at radius 3 is 2.95 bits per heavy atom. The molecule has 20 heavy (non-hydrogen) atoms. The zero-order valence-corrected chi connectivity index (χ0v) is 11.2. The Morgan fingerprint density at radius 1 is 1.35 bits per heavy atom. The van der Waals surface area contributed by atoms with E-state index in [-0.39, 0.29) is 11.0 Å². The summed E-state index contributed by atoms with van der Waals surface area (Å²) in [6, 6.07) is 9.21. The van der Waals surface area contributed by atoms with Gasteiger partial charge in [-0.3, -0.25) is 0 Å². The summed E-state index contributed by atoms with van der Waals surface area (Å²) in [5.41, 5.74) is 1.29. The van der Waals surface area contributed by atoms with E-state index >= 15 is 0 Å². The quantitative estimate of drug-likeness (QED) is 0.669. The molecule has 1 aromatic carbocycles. The Bertz CT molecular complexity index is 836. The maximum atomic E-state index is 9.14. The van der Waals surface area contributed by atoms with Crippen molar-refractivity contribution in [1.29, 1.82) is 5.26 Å². The van der Waals surface area contributed by atoms with Crippen molar-refractivity contribution in [3.8, 4) is 17.7 Å². The fraction of sp³-hybridized carbons (Fsp3) is 0.0714. The topological polar surface area (TPSA) is 71.9 Å². The van der Waals surface area contributed by atoms with Crippen LogP contribution in [0.3, 0.4) is 0 Å². The van der Waals surface area contributed by atoms with E-state index in [9.17, 15) is 0 Å². The number of fused-ring (bicyclic) bond motifs is 1. The van der Waals surface area contributed by atoms with Crippen molar-refractivity contribution < 1.29 is 9.15 Å². The normalized spacial score (nSPS) is 10.4. The molecule has 5 nitrogen and oxygen atoms in total. The lowest BCUT2D eigenvalue weighted by atomic mass is 10.2. The zero-order valence-electron chi connectivity index (χ0n) is 10.4. The summed E-state index contributed by atoms with van der Waals surface area (Å²) in [6.07, 6.45) is 1.55. The van der Waals surface area contributed by atoms with Gasteiger partial charge >= 0.3 is 0 Å². The van der Waals surface area contributed by atoms with Gasteiger partial charge in [0.15, 0.2) is 5.75 Å². The van der Waals surface area contributed by atoms with Gasteiger partial charge in [-0.05, 0) is 30.7 Å². The second kappa shape index (κ2) is 4.83. The van der Waals surface area contributed by atoms with Crippen LogP contribution in [-0.4, -0.2) is 9.97 Å². The molecule has 0 aliphatic carbocycles. The highest BCUT2D eigenvalue weighted by molar-refractivity contribution is 6.28. The molecular weight excluding hydrogens is 278 g/mol. The number of hydrogen-bond donors (Lipinski definition) is 0. The van der Waals surface area contributed by atoms with Crippen LogP contribution in [0.25, 0.3) is 11.0 Å².